The van der Waals surface area contributed by atoms with Crippen LogP contribution < -0.4 is 4.90 Å². The Morgan fingerprint density at radius 1 is 0.519 bits per heavy atom. The molecule has 1 heterocycles. The Balaban J connectivity index is 1.14. The van der Waals surface area contributed by atoms with Crippen molar-refractivity contribution in [2.24, 2.45) is 0 Å². The molecule has 0 saturated heterocycles. The van der Waals surface area contributed by atoms with Gasteiger partial charge in [-0.1, -0.05) is 97.1 Å². The van der Waals surface area contributed by atoms with E-state index in [0.29, 0.717) is 11.3 Å². The van der Waals surface area contributed by atoms with E-state index in [1.54, 1.807) is 0 Å². The minimum Gasteiger partial charge on any atom is -0.311 e. The number of para-hydroxylation sites is 2. The summed E-state index contributed by atoms with van der Waals surface area (Å²) in [5, 5.41) is 19.5. The van der Waals surface area contributed by atoms with Crippen LogP contribution in [0.3, 0.4) is 0 Å². The molecule has 4 heteroatoms. The van der Waals surface area contributed by atoms with E-state index in [4.69, 9.17) is 6.57 Å². The van der Waals surface area contributed by atoms with Crippen molar-refractivity contribution in [1.82, 2.24) is 4.57 Å². The molecule has 0 N–H and O–H groups in total. The summed E-state index contributed by atoms with van der Waals surface area (Å²) in [5.41, 5.74) is 9.96. The average Bonchev–Trinajstić information content (AvgIpc) is 3.55. The van der Waals surface area contributed by atoms with E-state index in [1.807, 2.05) is 48.5 Å². The maximum absolute atomic E-state index is 9.40. The van der Waals surface area contributed by atoms with Gasteiger partial charge in [-0.05, 0) is 116 Å². The van der Waals surface area contributed by atoms with Crippen LogP contribution in [-0.4, -0.2) is 4.57 Å². The molecule has 0 aliphatic rings. The Bertz CT molecular complexity index is 2990. The topological polar surface area (TPSA) is 36.3 Å². The summed E-state index contributed by atoms with van der Waals surface area (Å²) in [6.07, 6.45) is 0. The van der Waals surface area contributed by atoms with Crippen LogP contribution in [0.25, 0.3) is 75.8 Å². The molecule has 0 radical (unpaired) electrons. The molecule has 4 nitrogen and oxygen atoms in total. The molecule has 10 rings (SSSR count). The van der Waals surface area contributed by atoms with E-state index >= 15 is 0 Å². The summed E-state index contributed by atoms with van der Waals surface area (Å²) in [7, 11) is 0. The highest BCUT2D eigenvalue weighted by molar-refractivity contribution is 6.34. The number of anilines is 3. The maximum atomic E-state index is 9.40. The maximum Gasteiger partial charge on any atom is 0.187 e. The third kappa shape index (κ3) is 4.46. The zero-order chi connectivity index (χ0) is 34.8. The quantitative estimate of drug-likeness (QED) is 0.136. The van der Waals surface area contributed by atoms with Gasteiger partial charge in [-0.3, -0.25) is 0 Å². The zero-order valence-corrected chi connectivity index (χ0v) is 28.0. The van der Waals surface area contributed by atoms with E-state index in [1.165, 1.54) is 59.7 Å². The zero-order valence-electron chi connectivity index (χ0n) is 28.0. The van der Waals surface area contributed by atoms with Crippen LogP contribution in [0.5, 0.6) is 0 Å². The standard InChI is InChI=1S/C48H28N4/c1-50-35-18-24-39(25-19-35)51(37-20-11-31(30-49)12-21-37)38-22-13-32(14-23-38)40-26-15-33-16-28-43-47-34(17-27-41(40)46(33)47)29-45-48(43)42-9-5-6-10-44(42)52(45)36-7-3-2-4-8-36/h2-29H. The number of aromatic nitrogens is 1. The average molecular weight is 661 g/mol. The van der Waals surface area contributed by atoms with Gasteiger partial charge in [-0.2, -0.15) is 5.26 Å². The van der Waals surface area contributed by atoms with Crippen molar-refractivity contribution in [2.45, 2.75) is 0 Å². The number of benzene rings is 9. The number of fused-ring (bicyclic) bond motifs is 4. The second kappa shape index (κ2) is 11.6. The van der Waals surface area contributed by atoms with Crippen LogP contribution in [0.1, 0.15) is 5.56 Å². The number of nitriles is 1. The van der Waals surface area contributed by atoms with Crippen LogP contribution in [0.15, 0.2) is 170 Å². The Morgan fingerprint density at radius 3 is 1.87 bits per heavy atom. The predicted molar refractivity (Wildman–Crippen MR) is 216 cm³/mol. The van der Waals surface area contributed by atoms with Crippen molar-refractivity contribution in [1.29, 1.82) is 5.26 Å². The van der Waals surface area contributed by atoms with Crippen molar-refractivity contribution in [2.75, 3.05) is 4.90 Å². The van der Waals surface area contributed by atoms with E-state index in [0.717, 1.165) is 28.3 Å². The molecule has 9 aromatic carbocycles. The fourth-order valence-corrected chi connectivity index (χ4v) is 8.04. The van der Waals surface area contributed by atoms with Gasteiger partial charge in [0.25, 0.3) is 0 Å². The summed E-state index contributed by atoms with van der Waals surface area (Å²) in [6.45, 7) is 7.41. The molecule has 10 aromatic rings. The Labute approximate surface area is 300 Å². The van der Waals surface area contributed by atoms with Crippen molar-refractivity contribution >= 4 is 76.9 Å². The first-order valence-electron chi connectivity index (χ1n) is 17.3. The fraction of sp³-hybridized carbons (Fsp3) is 0. The highest BCUT2D eigenvalue weighted by Gasteiger charge is 2.20. The van der Waals surface area contributed by atoms with Gasteiger partial charge in [0.15, 0.2) is 5.69 Å². The van der Waals surface area contributed by atoms with Crippen molar-refractivity contribution in [3.8, 4) is 22.9 Å². The normalized spacial score (nSPS) is 11.4. The molecule has 0 aliphatic carbocycles. The lowest BCUT2D eigenvalue weighted by Crippen LogP contribution is -2.09. The molecule has 0 saturated carbocycles. The highest BCUT2D eigenvalue weighted by atomic mass is 15.1. The summed E-state index contributed by atoms with van der Waals surface area (Å²) in [5.74, 6) is 0. The van der Waals surface area contributed by atoms with Crippen molar-refractivity contribution in [3.63, 3.8) is 0 Å². The second-order valence-electron chi connectivity index (χ2n) is 13.2. The van der Waals surface area contributed by atoms with Crippen LogP contribution >= 0.6 is 0 Å². The monoisotopic (exact) mass is 660 g/mol. The van der Waals surface area contributed by atoms with E-state index in [-0.39, 0.29) is 0 Å². The van der Waals surface area contributed by atoms with Gasteiger partial charge in [0.05, 0.1) is 29.2 Å². The Morgan fingerprint density at radius 2 is 1.13 bits per heavy atom. The Hall–Kier alpha value is -7.40. The molecular weight excluding hydrogens is 633 g/mol. The third-order valence-electron chi connectivity index (χ3n) is 10.4. The van der Waals surface area contributed by atoms with Gasteiger partial charge in [-0.15, -0.1) is 0 Å². The minimum atomic E-state index is 0.593. The lowest BCUT2D eigenvalue weighted by molar-refractivity contribution is 1.18. The molecule has 0 aliphatic heterocycles. The van der Waals surface area contributed by atoms with E-state index in [2.05, 4.69) is 142 Å². The molecule has 1 aromatic heterocycles. The summed E-state index contributed by atoms with van der Waals surface area (Å²) < 4.78 is 2.40. The van der Waals surface area contributed by atoms with Crippen LogP contribution in [-0.2, 0) is 0 Å². The van der Waals surface area contributed by atoms with Crippen LogP contribution in [0, 0.1) is 17.9 Å². The van der Waals surface area contributed by atoms with Gasteiger partial charge in [0.2, 0.25) is 0 Å². The van der Waals surface area contributed by atoms with E-state index < -0.39 is 0 Å². The molecular formula is C48H28N4. The summed E-state index contributed by atoms with van der Waals surface area (Å²) in [6, 6.07) is 61.5. The summed E-state index contributed by atoms with van der Waals surface area (Å²) >= 11 is 0. The molecule has 240 valence electrons. The SMILES string of the molecule is [C-]#[N+]c1ccc(N(c2ccc(C#N)cc2)c2ccc(-c3ccc4ccc5c6c(ccc3c46)cc3c5c4ccccc4n3-c3ccccc3)cc2)cc1. The molecule has 52 heavy (non-hydrogen) atoms. The number of hydrogen-bond donors (Lipinski definition) is 0. The summed E-state index contributed by atoms with van der Waals surface area (Å²) in [4.78, 5) is 5.73. The van der Waals surface area contributed by atoms with Crippen molar-refractivity contribution in [3.05, 3.63) is 187 Å². The fourth-order valence-electron chi connectivity index (χ4n) is 8.04. The smallest absolute Gasteiger partial charge is 0.187 e. The molecule has 0 bridgehead atoms. The second-order valence-corrected chi connectivity index (χ2v) is 13.2. The number of rotatable bonds is 5. The minimum absolute atomic E-state index is 0.593. The highest BCUT2D eigenvalue weighted by Crippen LogP contribution is 2.45. The first-order chi connectivity index (χ1) is 25.7. The molecule has 0 fully saturated rings. The first-order valence-corrected chi connectivity index (χ1v) is 17.3. The lowest BCUT2D eigenvalue weighted by atomic mass is 9.88. The van der Waals surface area contributed by atoms with Gasteiger partial charge in [-0.25, -0.2) is 4.85 Å². The van der Waals surface area contributed by atoms with Crippen molar-refractivity contribution < 1.29 is 0 Å². The van der Waals surface area contributed by atoms with E-state index in [9.17, 15) is 5.26 Å². The lowest BCUT2D eigenvalue weighted by Gasteiger charge is -2.26. The third-order valence-corrected chi connectivity index (χ3v) is 10.4. The van der Waals surface area contributed by atoms with Gasteiger partial charge in [0.1, 0.15) is 0 Å². The Kier molecular flexibility index (Phi) is 6.58. The van der Waals surface area contributed by atoms with Gasteiger partial charge in [0, 0.05) is 33.5 Å². The molecule has 0 spiro atoms. The molecule has 0 atom stereocenters. The van der Waals surface area contributed by atoms with Crippen LogP contribution in [0.4, 0.5) is 22.7 Å². The van der Waals surface area contributed by atoms with Gasteiger partial charge < -0.3 is 9.47 Å². The molecule has 0 amide bonds. The van der Waals surface area contributed by atoms with Gasteiger partial charge >= 0.3 is 0 Å². The number of nitrogens with zero attached hydrogens (tertiary/aromatic N) is 4. The number of hydrogen-bond acceptors (Lipinski definition) is 2. The van der Waals surface area contributed by atoms with Crippen LogP contribution in [0.2, 0.25) is 0 Å². The predicted octanol–water partition coefficient (Wildman–Crippen LogP) is 13.2. The largest absolute Gasteiger partial charge is 0.311 e. The molecule has 0 unspecified atom stereocenters. The first kappa shape index (κ1) is 29.5.